The first-order valence-corrected chi connectivity index (χ1v) is 7.19. The van der Waals surface area contributed by atoms with Crippen molar-refractivity contribution in [3.63, 3.8) is 0 Å². The van der Waals surface area contributed by atoms with Crippen LogP contribution in [0, 0.1) is 6.92 Å². The highest BCUT2D eigenvalue weighted by Crippen LogP contribution is 2.23. The lowest BCUT2D eigenvalue weighted by Gasteiger charge is -2.27. The molecule has 0 saturated carbocycles. The summed E-state index contributed by atoms with van der Waals surface area (Å²) in [7, 11) is 0. The molecule has 0 unspecified atom stereocenters. The molecule has 2 rings (SSSR count). The maximum atomic E-state index is 12.0. The Morgan fingerprint density at radius 2 is 2.28 bits per heavy atom. The van der Waals surface area contributed by atoms with Gasteiger partial charge < -0.3 is 15.0 Å². The lowest BCUT2D eigenvalue weighted by atomic mass is 10.2. The molecule has 1 amide bonds. The Bertz CT molecular complexity index is 399. The fourth-order valence-corrected chi connectivity index (χ4v) is 3.05. The van der Waals surface area contributed by atoms with Crippen molar-refractivity contribution in [1.82, 2.24) is 10.2 Å². The summed E-state index contributed by atoms with van der Waals surface area (Å²) in [6.45, 7) is 7.36. The molecular weight excluding hydrogens is 248 g/mol. The van der Waals surface area contributed by atoms with Crippen LogP contribution in [0.25, 0.3) is 0 Å². The zero-order chi connectivity index (χ0) is 13.0. The largest absolute Gasteiger partial charge is 0.378 e. The van der Waals surface area contributed by atoms with Gasteiger partial charge in [-0.2, -0.15) is 0 Å². The molecule has 0 aromatic carbocycles. The predicted molar refractivity (Wildman–Crippen MR) is 72.9 cm³/mol. The quantitative estimate of drug-likeness (QED) is 0.901. The van der Waals surface area contributed by atoms with E-state index in [1.165, 1.54) is 10.4 Å². The Kier molecular flexibility index (Phi) is 4.74. The van der Waals surface area contributed by atoms with Gasteiger partial charge in [0.2, 0.25) is 5.91 Å². The van der Waals surface area contributed by atoms with E-state index in [0.717, 1.165) is 0 Å². The highest BCUT2D eigenvalue weighted by Gasteiger charge is 2.18. The van der Waals surface area contributed by atoms with Gasteiger partial charge in [-0.3, -0.25) is 4.79 Å². The lowest BCUT2D eigenvalue weighted by molar-refractivity contribution is -0.134. The predicted octanol–water partition coefficient (Wildman–Crippen LogP) is 1.57. The molecule has 1 aromatic heterocycles. The van der Waals surface area contributed by atoms with Crippen molar-refractivity contribution in [3.05, 3.63) is 21.9 Å². The minimum atomic E-state index is 0.166. The van der Waals surface area contributed by atoms with E-state index in [-0.39, 0.29) is 11.9 Å². The van der Waals surface area contributed by atoms with Crippen molar-refractivity contribution < 1.29 is 9.53 Å². The van der Waals surface area contributed by atoms with E-state index in [9.17, 15) is 4.79 Å². The number of carbonyl (C=O) groups is 1. The van der Waals surface area contributed by atoms with Gasteiger partial charge in [-0.15, -0.1) is 11.3 Å². The van der Waals surface area contributed by atoms with Crippen LogP contribution in [-0.4, -0.2) is 43.7 Å². The fraction of sp³-hybridized carbons (Fsp3) is 0.615. The molecule has 4 nitrogen and oxygen atoms in total. The second kappa shape index (κ2) is 6.31. The van der Waals surface area contributed by atoms with Crippen LogP contribution in [0.2, 0.25) is 0 Å². The maximum absolute atomic E-state index is 12.0. The first-order chi connectivity index (χ1) is 8.68. The molecule has 18 heavy (non-hydrogen) atoms. The Morgan fingerprint density at radius 1 is 1.56 bits per heavy atom. The van der Waals surface area contributed by atoms with Crippen molar-refractivity contribution in [2.45, 2.75) is 19.9 Å². The summed E-state index contributed by atoms with van der Waals surface area (Å²) in [4.78, 5) is 15.1. The van der Waals surface area contributed by atoms with Crippen molar-refractivity contribution in [1.29, 1.82) is 0 Å². The first kappa shape index (κ1) is 13.5. The molecule has 0 radical (unpaired) electrons. The summed E-state index contributed by atoms with van der Waals surface area (Å²) in [6.07, 6.45) is 0. The van der Waals surface area contributed by atoms with Crippen LogP contribution >= 0.6 is 11.3 Å². The number of nitrogens with one attached hydrogen (secondary N) is 1. The summed E-state index contributed by atoms with van der Waals surface area (Å²) >= 11 is 1.74. The molecule has 1 saturated heterocycles. The van der Waals surface area contributed by atoms with E-state index in [4.69, 9.17) is 4.74 Å². The van der Waals surface area contributed by atoms with Crippen LogP contribution < -0.4 is 5.32 Å². The number of morpholine rings is 1. The van der Waals surface area contributed by atoms with Gasteiger partial charge in [-0.1, -0.05) is 0 Å². The molecule has 0 bridgehead atoms. The second-order valence-corrected chi connectivity index (χ2v) is 5.51. The minimum Gasteiger partial charge on any atom is -0.378 e. The van der Waals surface area contributed by atoms with Crippen LogP contribution in [0.1, 0.15) is 23.4 Å². The number of ether oxygens (including phenoxy) is 1. The Balaban J connectivity index is 1.80. The van der Waals surface area contributed by atoms with E-state index in [1.54, 1.807) is 11.3 Å². The number of nitrogens with zero attached hydrogens (tertiary/aromatic N) is 1. The number of hydrogen-bond donors (Lipinski definition) is 1. The first-order valence-electron chi connectivity index (χ1n) is 6.31. The molecule has 0 aliphatic carbocycles. The van der Waals surface area contributed by atoms with Crippen LogP contribution in [0.5, 0.6) is 0 Å². The van der Waals surface area contributed by atoms with E-state index >= 15 is 0 Å². The standard InChI is InChI=1S/C13H20N2O2S/c1-10-3-8-18-13(10)11(2)14-9-12(16)15-4-6-17-7-5-15/h3,8,11,14H,4-7,9H2,1-2H3/t11-/m0/s1. The summed E-state index contributed by atoms with van der Waals surface area (Å²) < 4.78 is 5.24. The topological polar surface area (TPSA) is 41.6 Å². The highest BCUT2D eigenvalue weighted by molar-refractivity contribution is 7.10. The number of thiophene rings is 1. The Morgan fingerprint density at radius 3 is 2.89 bits per heavy atom. The van der Waals surface area contributed by atoms with Gasteiger partial charge >= 0.3 is 0 Å². The van der Waals surface area contributed by atoms with Crippen LogP contribution in [0.3, 0.4) is 0 Å². The van der Waals surface area contributed by atoms with E-state index in [1.807, 2.05) is 4.90 Å². The lowest BCUT2D eigenvalue weighted by Crippen LogP contribution is -2.45. The highest BCUT2D eigenvalue weighted by atomic mass is 32.1. The summed E-state index contributed by atoms with van der Waals surface area (Å²) in [6, 6.07) is 2.34. The SMILES string of the molecule is Cc1ccsc1[C@H](C)NCC(=O)N1CCOCC1. The number of carbonyl (C=O) groups excluding carboxylic acids is 1. The number of aryl methyl sites for hydroxylation is 1. The maximum Gasteiger partial charge on any atom is 0.236 e. The Hall–Kier alpha value is -0.910. The van der Waals surface area contributed by atoms with E-state index in [2.05, 4.69) is 30.6 Å². The van der Waals surface area contributed by atoms with E-state index < -0.39 is 0 Å². The zero-order valence-electron chi connectivity index (χ0n) is 10.9. The molecular formula is C13H20N2O2S. The summed E-state index contributed by atoms with van der Waals surface area (Å²) in [5, 5.41) is 5.39. The average Bonchev–Trinajstić information content (AvgIpc) is 2.83. The van der Waals surface area contributed by atoms with Gasteiger partial charge in [-0.05, 0) is 30.9 Å². The van der Waals surface area contributed by atoms with Gasteiger partial charge in [0, 0.05) is 24.0 Å². The van der Waals surface area contributed by atoms with Gasteiger partial charge in [0.25, 0.3) is 0 Å². The normalized spacial score (nSPS) is 17.8. The third-order valence-corrected chi connectivity index (χ3v) is 4.42. The molecule has 1 aliphatic rings. The van der Waals surface area contributed by atoms with Crippen LogP contribution in [-0.2, 0) is 9.53 Å². The molecule has 1 aromatic rings. The molecule has 5 heteroatoms. The van der Waals surface area contributed by atoms with Gasteiger partial charge in [-0.25, -0.2) is 0 Å². The fourth-order valence-electron chi connectivity index (χ4n) is 2.09. The third-order valence-electron chi connectivity index (χ3n) is 3.22. The Labute approximate surface area is 112 Å². The molecule has 1 N–H and O–H groups in total. The number of rotatable bonds is 4. The zero-order valence-corrected chi connectivity index (χ0v) is 11.8. The van der Waals surface area contributed by atoms with Crippen molar-refractivity contribution in [2.24, 2.45) is 0 Å². The van der Waals surface area contributed by atoms with E-state index in [0.29, 0.717) is 32.8 Å². The minimum absolute atomic E-state index is 0.166. The summed E-state index contributed by atoms with van der Waals surface area (Å²) in [5.41, 5.74) is 1.29. The van der Waals surface area contributed by atoms with Gasteiger partial charge in [0.1, 0.15) is 0 Å². The van der Waals surface area contributed by atoms with Crippen LogP contribution in [0.15, 0.2) is 11.4 Å². The molecule has 2 heterocycles. The average molecular weight is 268 g/mol. The molecule has 1 fully saturated rings. The summed E-state index contributed by atoms with van der Waals surface area (Å²) in [5.74, 6) is 0.166. The molecule has 100 valence electrons. The number of amides is 1. The molecule has 0 spiro atoms. The second-order valence-electron chi connectivity index (χ2n) is 4.56. The third kappa shape index (κ3) is 3.31. The van der Waals surface area contributed by atoms with Gasteiger partial charge in [0.15, 0.2) is 0 Å². The van der Waals surface area contributed by atoms with Crippen molar-refractivity contribution in [2.75, 3.05) is 32.8 Å². The van der Waals surface area contributed by atoms with Gasteiger partial charge in [0.05, 0.1) is 19.8 Å². The monoisotopic (exact) mass is 268 g/mol. The smallest absolute Gasteiger partial charge is 0.236 e. The molecule has 1 atom stereocenters. The number of hydrogen-bond acceptors (Lipinski definition) is 4. The van der Waals surface area contributed by atoms with Crippen molar-refractivity contribution in [3.8, 4) is 0 Å². The van der Waals surface area contributed by atoms with Crippen LogP contribution in [0.4, 0.5) is 0 Å². The van der Waals surface area contributed by atoms with Crippen molar-refractivity contribution >= 4 is 17.2 Å². The molecule has 1 aliphatic heterocycles.